The molecule has 2 heterocycles. The smallest absolute Gasteiger partial charge is 0.207 e. The number of piperidine rings is 1. The van der Waals surface area contributed by atoms with E-state index < -0.39 is 20.0 Å². The van der Waals surface area contributed by atoms with Gasteiger partial charge in [0.2, 0.25) is 10.0 Å². The van der Waals surface area contributed by atoms with Crippen molar-refractivity contribution in [1.82, 2.24) is 13.5 Å². The lowest BCUT2D eigenvalue weighted by atomic mass is 9.92. The van der Waals surface area contributed by atoms with Crippen LogP contribution in [0.25, 0.3) is 0 Å². The van der Waals surface area contributed by atoms with Crippen LogP contribution >= 0.6 is 0 Å². The minimum absolute atomic E-state index is 0.0122. The molecule has 1 aromatic carbocycles. The van der Waals surface area contributed by atoms with Gasteiger partial charge in [-0.05, 0) is 81.5 Å². The van der Waals surface area contributed by atoms with Gasteiger partial charge in [0.1, 0.15) is 4.90 Å². The molecule has 1 saturated heterocycles. The maximum atomic E-state index is 13.4. The van der Waals surface area contributed by atoms with Crippen LogP contribution in [-0.2, 0) is 32.9 Å². The Morgan fingerprint density at radius 1 is 0.967 bits per heavy atom. The van der Waals surface area contributed by atoms with Crippen LogP contribution in [0.4, 0.5) is 0 Å². The van der Waals surface area contributed by atoms with Crippen molar-refractivity contribution in [3.63, 3.8) is 0 Å². The number of hydrogen-bond donors (Lipinski definition) is 0. The van der Waals surface area contributed by atoms with E-state index in [0.29, 0.717) is 13.1 Å². The highest BCUT2D eigenvalue weighted by molar-refractivity contribution is 7.90. The molecule has 30 heavy (non-hydrogen) atoms. The third-order valence-electron chi connectivity index (χ3n) is 6.25. The number of sulfonamides is 1. The molecule has 0 saturated carbocycles. The van der Waals surface area contributed by atoms with Crippen molar-refractivity contribution in [3.05, 3.63) is 40.7 Å². The third-order valence-corrected chi connectivity index (χ3v) is 10.0. The highest BCUT2D eigenvalue weighted by atomic mass is 32.2. The van der Waals surface area contributed by atoms with Crippen LogP contribution in [0, 0.1) is 19.8 Å². The molecule has 1 aromatic heterocycles. The van der Waals surface area contributed by atoms with E-state index in [-0.39, 0.29) is 27.1 Å². The van der Waals surface area contributed by atoms with Gasteiger partial charge in [-0.2, -0.15) is 21.9 Å². The highest BCUT2D eigenvalue weighted by Gasteiger charge is 2.35. The largest absolute Gasteiger partial charge is 0.283 e. The van der Waals surface area contributed by atoms with Gasteiger partial charge in [0.25, 0.3) is 10.0 Å². The molecule has 1 fully saturated rings. The molecule has 0 N–H and O–H groups in total. The van der Waals surface area contributed by atoms with Gasteiger partial charge >= 0.3 is 0 Å². The summed E-state index contributed by atoms with van der Waals surface area (Å²) in [6, 6.07) is 5.21. The first-order valence-corrected chi connectivity index (χ1v) is 13.4. The lowest BCUT2D eigenvalue weighted by Gasteiger charge is -2.30. The molecule has 0 radical (unpaired) electrons. The molecule has 9 heteroatoms. The SMILES string of the molecule is Cc1nn(S(=O)(=O)c2ccc3c(c2)CCCC3)c(C)c1S(=O)(=O)N1CCC[C@H](C)C1. The van der Waals surface area contributed by atoms with Crippen LogP contribution in [0.15, 0.2) is 28.0 Å². The fraction of sp³-hybridized carbons (Fsp3) is 0.571. The molecule has 0 spiro atoms. The van der Waals surface area contributed by atoms with Crippen molar-refractivity contribution in [1.29, 1.82) is 0 Å². The number of rotatable bonds is 4. The Bertz CT molecular complexity index is 1180. The van der Waals surface area contributed by atoms with Crippen LogP contribution in [-0.4, -0.2) is 43.4 Å². The van der Waals surface area contributed by atoms with Crippen LogP contribution in [0.5, 0.6) is 0 Å². The van der Waals surface area contributed by atoms with Gasteiger partial charge < -0.3 is 0 Å². The molecule has 7 nitrogen and oxygen atoms in total. The molecule has 1 aliphatic heterocycles. The van der Waals surface area contributed by atoms with E-state index in [1.807, 2.05) is 13.0 Å². The van der Waals surface area contributed by atoms with Gasteiger partial charge in [0, 0.05) is 13.1 Å². The van der Waals surface area contributed by atoms with E-state index in [9.17, 15) is 16.8 Å². The molecule has 2 aromatic rings. The highest BCUT2D eigenvalue weighted by Crippen LogP contribution is 2.30. The fourth-order valence-electron chi connectivity index (χ4n) is 4.68. The Kier molecular flexibility index (Phi) is 5.57. The quantitative estimate of drug-likeness (QED) is 0.713. The first-order valence-electron chi connectivity index (χ1n) is 10.6. The predicted molar refractivity (Wildman–Crippen MR) is 115 cm³/mol. The van der Waals surface area contributed by atoms with Crippen LogP contribution in [0.1, 0.15) is 55.1 Å². The van der Waals surface area contributed by atoms with Gasteiger partial charge in [0.05, 0.1) is 16.3 Å². The number of benzene rings is 1. The summed E-state index contributed by atoms with van der Waals surface area (Å²) in [5.74, 6) is 0.281. The van der Waals surface area contributed by atoms with Crippen molar-refractivity contribution in [2.24, 2.45) is 5.92 Å². The van der Waals surface area contributed by atoms with Gasteiger partial charge in [-0.25, -0.2) is 8.42 Å². The van der Waals surface area contributed by atoms with Crippen LogP contribution < -0.4 is 0 Å². The van der Waals surface area contributed by atoms with E-state index in [1.165, 1.54) is 16.8 Å². The Morgan fingerprint density at radius 2 is 1.67 bits per heavy atom. The van der Waals surface area contributed by atoms with E-state index >= 15 is 0 Å². The Hall–Kier alpha value is -1.71. The number of nitrogens with zero attached hydrogens (tertiary/aromatic N) is 3. The third kappa shape index (κ3) is 3.61. The van der Waals surface area contributed by atoms with Gasteiger partial charge in [0.15, 0.2) is 0 Å². The summed E-state index contributed by atoms with van der Waals surface area (Å²) < 4.78 is 55.7. The van der Waals surface area contributed by atoms with Crippen molar-refractivity contribution in [2.45, 2.75) is 69.1 Å². The first kappa shape index (κ1) is 21.5. The predicted octanol–water partition coefficient (Wildman–Crippen LogP) is 3.04. The summed E-state index contributed by atoms with van der Waals surface area (Å²) >= 11 is 0. The molecule has 0 amide bonds. The maximum Gasteiger partial charge on any atom is 0.283 e. The summed E-state index contributed by atoms with van der Waals surface area (Å²) in [5, 5.41) is 4.17. The number of hydrogen-bond acceptors (Lipinski definition) is 5. The Morgan fingerprint density at radius 3 is 2.37 bits per heavy atom. The molecular formula is C21H29N3O4S2. The molecule has 0 unspecified atom stereocenters. The van der Waals surface area contributed by atoms with Gasteiger partial charge in [-0.3, -0.25) is 0 Å². The summed E-state index contributed by atoms with van der Waals surface area (Å²) in [6.45, 7) is 6.02. The second-order valence-electron chi connectivity index (χ2n) is 8.60. The zero-order valence-corrected chi connectivity index (χ0v) is 19.4. The van der Waals surface area contributed by atoms with Crippen LogP contribution in [0.3, 0.4) is 0 Å². The molecule has 2 aliphatic rings. The standard InChI is InChI=1S/C21H29N3O4S2/c1-15-7-6-12-23(14-15)30(27,28)21-16(2)22-24(17(21)3)29(25,26)20-11-10-18-8-4-5-9-19(18)13-20/h10-11,13,15H,4-9,12,14H2,1-3H3/t15-/m0/s1. The molecule has 1 atom stereocenters. The van der Waals surface area contributed by atoms with E-state index in [2.05, 4.69) is 5.10 Å². The van der Waals surface area contributed by atoms with E-state index in [1.54, 1.807) is 19.1 Å². The average molecular weight is 452 g/mol. The zero-order chi connectivity index (χ0) is 21.7. The molecule has 1 aliphatic carbocycles. The van der Waals surface area contributed by atoms with E-state index in [0.717, 1.165) is 48.2 Å². The lowest BCUT2D eigenvalue weighted by molar-refractivity contribution is 0.281. The maximum absolute atomic E-state index is 13.4. The van der Waals surface area contributed by atoms with Crippen molar-refractivity contribution in [2.75, 3.05) is 13.1 Å². The summed E-state index contributed by atoms with van der Waals surface area (Å²) in [7, 11) is -7.79. The number of fused-ring (bicyclic) bond motifs is 1. The fourth-order valence-corrected chi connectivity index (χ4v) is 8.10. The lowest BCUT2D eigenvalue weighted by Crippen LogP contribution is -2.39. The van der Waals surface area contributed by atoms with E-state index in [4.69, 9.17) is 0 Å². The topological polar surface area (TPSA) is 89.3 Å². The Labute approximate surface area is 179 Å². The zero-order valence-electron chi connectivity index (χ0n) is 17.8. The average Bonchev–Trinajstić information content (AvgIpc) is 3.03. The van der Waals surface area contributed by atoms with Crippen molar-refractivity contribution >= 4 is 20.0 Å². The minimum atomic E-state index is -3.98. The van der Waals surface area contributed by atoms with Gasteiger partial charge in [-0.1, -0.05) is 13.0 Å². The summed E-state index contributed by atoms with van der Waals surface area (Å²) in [5.41, 5.74) is 2.60. The second-order valence-corrected chi connectivity index (χ2v) is 12.2. The van der Waals surface area contributed by atoms with Gasteiger partial charge in [-0.15, -0.1) is 0 Å². The Balaban J connectivity index is 1.76. The first-order chi connectivity index (χ1) is 14.1. The summed E-state index contributed by atoms with van der Waals surface area (Å²) in [6.07, 6.45) is 5.80. The monoisotopic (exact) mass is 451 g/mol. The number of aryl methyl sites for hydroxylation is 3. The number of aromatic nitrogens is 2. The normalized spacial score (nSPS) is 20.8. The minimum Gasteiger partial charge on any atom is -0.207 e. The van der Waals surface area contributed by atoms with Crippen molar-refractivity contribution in [3.8, 4) is 0 Å². The molecule has 0 bridgehead atoms. The van der Waals surface area contributed by atoms with Crippen LogP contribution in [0.2, 0.25) is 0 Å². The molecule has 4 rings (SSSR count). The van der Waals surface area contributed by atoms with Crippen molar-refractivity contribution < 1.29 is 16.8 Å². The summed E-state index contributed by atoms with van der Waals surface area (Å²) in [4.78, 5) is 0.169. The second kappa shape index (κ2) is 7.76. The molecular weight excluding hydrogens is 422 g/mol. The molecule has 164 valence electrons.